The summed E-state index contributed by atoms with van der Waals surface area (Å²) in [4.78, 5) is 14.7. The van der Waals surface area contributed by atoms with Crippen molar-refractivity contribution in [2.24, 2.45) is 0 Å². The first-order valence-corrected chi connectivity index (χ1v) is 20.4. The summed E-state index contributed by atoms with van der Waals surface area (Å²) in [7, 11) is 0. The quantitative estimate of drug-likeness (QED) is 0.178. The molecule has 0 radical (unpaired) electrons. The van der Waals surface area contributed by atoms with Crippen LogP contribution >= 0.6 is 35.1 Å². The Kier molecular flexibility index (Phi) is 8.30. The molecule has 0 fully saturated rings. The highest BCUT2D eigenvalue weighted by Crippen LogP contribution is 2.54. The Bertz CT molecular complexity index is 2320. The molecule has 0 spiro atoms. The zero-order valence-electron chi connectivity index (χ0n) is 30.7. The molecule has 0 saturated heterocycles. The Morgan fingerprint density at radius 1 is 0.453 bits per heavy atom. The molecule has 0 atom stereocenters. The zero-order chi connectivity index (χ0) is 36.5. The first-order chi connectivity index (χ1) is 25.5. The molecule has 1 aromatic heterocycles. The van der Waals surface area contributed by atoms with Gasteiger partial charge < -0.3 is 9.80 Å². The Hall–Kier alpha value is -4.82. The molecule has 53 heavy (non-hydrogen) atoms. The molecule has 6 aromatic carbocycles. The van der Waals surface area contributed by atoms with E-state index in [1.165, 1.54) is 65.0 Å². The molecular formula is C46H40N4S3. The van der Waals surface area contributed by atoms with E-state index in [0.717, 1.165) is 33.3 Å². The lowest BCUT2D eigenvalue weighted by Gasteiger charge is -2.33. The largest absolute Gasteiger partial charge is 0.308 e. The lowest BCUT2D eigenvalue weighted by atomic mass is 9.87. The average Bonchev–Trinajstić information content (AvgIpc) is 3.66. The van der Waals surface area contributed by atoms with E-state index in [0.29, 0.717) is 0 Å². The molecule has 4 nitrogen and oxygen atoms in total. The Balaban J connectivity index is 1.04. The molecule has 7 aromatic rings. The zero-order valence-corrected chi connectivity index (χ0v) is 33.2. The van der Waals surface area contributed by atoms with Crippen LogP contribution in [-0.4, -0.2) is 9.36 Å². The minimum absolute atomic E-state index is 0.100. The third kappa shape index (κ3) is 6.25. The topological polar surface area (TPSA) is 32.3 Å². The predicted molar refractivity (Wildman–Crippen MR) is 226 cm³/mol. The monoisotopic (exact) mass is 744 g/mol. The van der Waals surface area contributed by atoms with E-state index in [4.69, 9.17) is 9.36 Å². The number of hydrogen-bond donors (Lipinski definition) is 0. The maximum absolute atomic E-state index is 5.12. The van der Waals surface area contributed by atoms with E-state index in [9.17, 15) is 0 Å². The van der Waals surface area contributed by atoms with Crippen molar-refractivity contribution in [3.05, 3.63) is 145 Å². The van der Waals surface area contributed by atoms with Crippen LogP contribution in [0.15, 0.2) is 153 Å². The number of para-hydroxylation sites is 2. The van der Waals surface area contributed by atoms with Gasteiger partial charge in [0.15, 0.2) is 5.82 Å². The molecule has 0 aliphatic carbocycles. The summed E-state index contributed by atoms with van der Waals surface area (Å²) in [6, 6.07) is 48.7. The number of benzene rings is 6. The van der Waals surface area contributed by atoms with Gasteiger partial charge in [-0.2, -0.15) is 4.37 Å². The van der Waals surface area contributed by atoms with Crippen LogP contribution in [0.3, 0.4) is 0 Å². The standard InChI is InChI=1S/C46H40N4S3/c1-45(2,3)31-17-21-33(22-18-31)49-35-11-7-9-13-39(35)51-41-27-29(15-25-37(41)49)43-47-44(53-48-43)30-16-26-38-42(28-30)52-40-14-10-8-12-36(40)50(38)34-23-19-32(20-24-34)46(4,5)6/h7-28H,1-6H3. The molecule has 0 bridgehead atoms. The molecule has 0 N–H and O–H groups in total. The Labute approximate surface area is 325 Å². The van der Waals surface area contributed by atoms with Crippen LogP contribution in [0.25, 0.3) is 22.0 Å². The number of fused-ring (bicyclic) bond motifs is 4. The van der Waals surface area contributed by atoms with Gasteiger partial charge in [0.1, 0.15) is 5.01 Å². The lowest BCUT2D eigenvalue weighted by Crippen LogP contribution is -2.16. The van der Waals surface area contributed by atoms with Crippen molar-refractivity contribution in [1.29, 1.82) is 0 Å². The normalized spacial score (nSPS) is 13.6. The van der Waals surface area contributed by atoms with Crippen LogP contribution in [0.4, 0.5) is 34.1 Å². The maximum atomic E-state index is 5.12. The molecular weight excluding hydrogens is 705 g/mol. The van der Waals surface area contributed by atoms with E-state index in [1.807, 2.05) is 23.5 Å². The van der Waals surface area contributed by atoms with Crippen molar-refractivity contribution in [3.63, 3.8) is 0 Å². The van der Waals surface area contributed by atoms with Gasteiger partial charge in [0.05, 0.1) is 22.7 Å². The maximum Gasteiger partial charge on any atom is 0.173 e. The van der Waals surface area contributed by atoms with E-state index in [1.54, 1.807) is 0 Å². The minimum atomic E-state index is 0.100. The van der Waals surface area contributed by atoms with Crippen LogP contribution in [0.2, 0.25) is 0 Å². The minimum Gasteiger partial charge on any atom is -0.308 e. The van der Waals surface area contributed by atoms with Gasteiger partial charge >= 0.3 is 0 Å². The molecule has 0 unspecified atom stereocenters. The highest BCUT2D eigenvalue weighted by molar-refractivity contribution is 8.00. The molecule has 2 aliphatic heterocycles. The summed E-state index contributed by atoms with van der Waals surface area (Å²) < 4.78 is 4.89. The fraction of sp³-hybridized carbons (Fsp3) is 0.174. The highest BCUT2D eigenvalue weighted by Gasteiger charge is 2.28. The summed E-state index contributed by atoms with van der Waals surface area (Å²) in [5.74, 6) is 0.754. The van der Waals surface area contributed by atoms with E-state index < -0.39 is 0 Å². The summed E-state index contributed by atoms with van der Waals surface area (Å²) in [5.41, 5.74) is 12.0. The van der Waals surface area contributed by atoms with E-state index >= 15 is 0 Å². The molecule has 2 aliphatic rings. The number of rotatable bonds is 4. The highest BCUT2D eigenvalue weighted by atomic mass is 32.2. The summed E-state index contributed by atoms with van der Waals surface area (Å²) in [5, 5.41) is 0.916. The van der Waals surface area contributed by atoms with Gasteiger partial charge in [0.2, 0.25) is 0 Å². The third-order valence-corrected chi connectivity index (χ3v) is 13.0. The molecule has 0 amide bonds. The van der Waals surface area contributed by atoms with Crippen LogP contribution in [0.5, 0.6) is 0 Å². The second-order valence-corrected chi connectivity index (χ2v) is 18.6. The Morgan fingerprint density at radius 2 is 0.887 bits per heavy atom. The van der Waals surface area contributed by atoms with Gasteiger partial charge in [-0.3, -0.25) is 0 Å². The molecule has 3 heterocycles. The smallest absolute Gasteiger partial charge is 0.173 e. The number of anilines is 6. The summed E-state index contributed by atoms with van der Waals surface area (Å²) in [6.07, 6.45) is 0. The third-order valence-electron chi connectivity index (χ3n) is 9.97. The second-order valence-electron chi connectivity index (χ2n) is 15.7. The lowest BCUT2D eigenvalue weighted by molar-refractivity contribution is 0.590. The second kappa shape index (κ2) is 12.9. The van der Waals surface area contributed by atoms with E-state index in [2.05, 4.69) is 185 Å². The van der Waals surface area contributed by atoms with Crippen molar-refractivity contribution < 1.29 is 0 Å². The number of aromatic nitrogens is 2. The van der Waals surface area contributed by atoms with Crippen molar-refractivity contribution in [1.82, 2.24) is 9.36 Å². The molecule has 262 valence electrons. The summed E-state index contributed by atoms with van der Waals surface area (Å²) in [6.45, 7) is 13.6. The first kappa shape index (κ1) is 34.0. The van der Waals surface area contributed by atoms with Crippen LogP contribution in [0.1, 0.15) is 52.7 Å². The Morgan fingerprint density at radius 3 is 1.38 bits per heavy atom. The van der Waals surface area contributed by atoms with Gasteiger partial charge in [0, 0.05) is 42.1 Å². The molecule has 0 saturated carbocycles. The SMILES string of the molecule is CC(C)(C)c1ccc(N2c3ccccc3Sc3cc(-c4nsc(-c5ccc6c(c5)Sc5ccccc5N6c5ccc(C(C)(C)C)cc5)n4)ccc32)cc1. The predicted octanol–water partition coefficient (Wildman–Crippen LogP) is 14.3. The fourth-order valence-electron chi connectivity index (χ4n) is 7.02. The molecule has 9 rings (SSSR count). The van der Waals surface area contributed by atoms with Gasteiger partial charge in [-0.05, 0) is 118 Å². The van der Waals surface area contributed by atoms with Crippen LogP contribution in [0, 0.1) is 0 Å². The fourth-order valence-corrected chi connectivity index (χ4v) is 9.89. The van der Waals surface area contributed by atoms with Crippen LogP contribution < -0.4 is 9.80 Å². The van der Waals surface area contributed by atoms with E-state index in [-0.39, 0.29) is 10.8 Å². The average molecular weight is 745 g/mol. The number of nitrogens with zero attached hydrogens (tertiary/aromatic N) is 4. The molecule has 7 heteroatoms. The van der Waals surface area contributed by atoms with Crippen LogP contribution in [-0.2, 0) is 10.8 Å². The van der Waals surface area contributed by atoms with Gasteiger partial charge in [-0.15, -0.1) is 0 Å². The van der Waals surface area contributed by atoms with Crippen molar-refractivity contribution >= 4 is 69.2 Å². The van der Waals surface area contributed by atoms with Gasteiger partial charge in [-0.1, -0.05) is 114 Å². The number of hydrogen-bond acceptors (Lipinski definition) is 7. The summed E-state index contributed by atoms with van der Waals surface area (Å²) >= 11 is 5.09. The van der Waals surface area contributed by atoms with Crippen molar-refractivity contribution in [2.75, 3.05) is 9.80 Å². The van der Waals surface area contributed by atoms with Gasteiger partial charge in [0.25, 0.3) is 0 Å². The van der Waals surface area contributed by atoms with Crippen molar-refractivity contribution in [2.45, 2.75) is 72.0 Å². The first-order valence-electron chi connectivity index (χ1n) is 18.0. The van der Waals surface area contributed by atoms with Gasteiger partial charge in [-0.25, -0.2) is 4.98 Å². The van der Waals surface area contributed by atoms with Crippen molar-refractivity contribution in [3.8, 4) is 22.0 Å².